The molecule has 0 radical (unpaired) electrons. The standard InChI is InChI=1S/C19H18F5NO4S2/c1-3-28-13(26)7-8-25-16(27)15(31-18(25)30)14(10(2)19(22,23)24)11-5-4-6-12(9-11)29-17(20)21/h4-6,9,17-18,30H,2-3,7-8H2,1H3/b15-14+. The number of hydrogen-bond acceptors (Lipinski definition) is 6. The van der Waals surface area contributed by atoms with Gasteiger partial charge in [0.05, 0.1) is 23.5 Å². The average molecular weight is 483 g/mol. The smallest absolute Gasteiger partial charge is 0.416 e. The lowest BCUT2D eigenvalue weighted by atomic mass is 9.97. The van der Waals surface area contributed by atoms with Crippen molar-refractivity contribution in [1.29, 1.82) is 0 Å². The Balaban J connectivity index is 2.48. The fraction of sp³-hybridized carbons (Fsp3) is 0.368. The van der Waals surface area contributed by atoms with Gasteiger partial charge in [-0.05, 0) is 24.6 Å². The first-order valence-corrected chi connectivity index (χ1v) is 10.2. The van der Waals surface area contributed by atoms with E-state index in [-0.39, 0.29) is 35.8 Å². The number of benzene rings is 1. The Bertz CT molecular complexity index is 888. The lowest BCUT2D eigenvalue weighted by Gasteiger charge is -2.19. The predicted octanol–water partition coefficient (Wildman–Crippen LogP) is 4.86. The summed E-state index contributed by atoms with van der Waals surface area (Å²) in [5, 5.41) is 0. The maximum absolute atomic E-state index is 13.5. The molecule has 31 heavy (non-hydrogen) atoms. The van der Waals surface area contributed by atoms with Crippen LogP contribution in [0.2, 0.25) is 0 Å². The van der Waals surface area contributed by atoms with Crippen LogP contribution in [0.3, 0.4) is 0 Å². The number of thioether (sulfide) groups is 1. The van der Waals surface area contributed by atoms with Crippen LogP contribution < -0.4 is 4.74 Å². The highest BCUT2D eigenvalue weighted by atomic mass is 32.2. The van der Waals surface area contributed by atoms with Crippen LogP contribution in [0.25, 0.3) is 5.57 Å². The van der Waals surface area contributed by atoms with Gasteiger partial charge >= 0.3 is 18.8 Å². The molecule has 1 saturated heterocycles. The van der Waals surface area contributed by atoms with Crippen LogP contribution in [0.1, 0.15) is 18.9 Å². The summed E-state index contributed by atoms with van der Waals surface area (Å²) in [6.45, 7) is 1.51. The van der Waals surface area contributed by atoms with E-state index in [4.69, 9.17) is 4.74 Å². The highest BCUT2D eigenvalue weighted by molar-refractivity contribution is 8.14. The van der Waals surface area contributed by atoms with Crippen LogP contribution in [0.15, 0.2) is 41.3 Å². The number of amides is 1. The van der Waals surface area contributed by atoms with Gasteiger partial charge in [-0.2, -0.15) is 22.0 Å². The summed E-state index contributed by atoms with van der Waals surface area (Å²) in [6.07, 6.45) is -5.06. The average Bonchev–Trinajstić information content (AvgIpc) is 2.93. The summed E-state index contributed by atoms with van der Waals surface area (Å²) in [5.41, 5.74) is -2.07. The van der Waals surface area contributed by atoms with Gasteiger partial charge in [0.1, 0.15) is 10.5 Å². The maximum atomic E-state index is 13.5. The Morgan fingerprint density at radius 1 is 1.35 bits per heavy atom. The molecule has 1 atom stereocenters. The van der Waals surface area contributed by atoms with Gasteiger partial charge in [-0.25, -0.2) is 0 Å². The largest absolute Gasteiger partial charge is 0.466 e. The molecule has 1 fully saturated rings. The van der Waals surface area contributed by atoms with E-state index >= 15 is 0 Å². The van der Waals surface area contributed by atoms with Crippen LogP contribution in [0, 0.1) is 0 Å². The molecule has 0 bridgehead atoms. The molecule has 2 rings (SSSR count). The number of halogens is 5. The summed E-state index contributed by atoms with van der Waals surface area (Å²) >= 11 is 4.95. The monoisotopic (exact) mass is 483 g/mol. The topological polar surface area (TPSA) is 55.8 Å². The van der Waals surface area contributed by atoms with Crippen LogP contribution in [-0.4, -0.2) is 47.4 Å². The molecule has 0 aromatic heterocycles. The van der Waals surface area contributed by atoms with Gasteiger partial charge in [-0.1, -0.05) is 30.5 Å². The number of carbonyl (C=O) groups is 2. The number of allylic oxidation sites excluding steroid dienone is 2. The van der Waals surface area contributed by atoms with Crippen LogP contribution >= 0.6 is 24.4 Å². The van der Waals surface area contributed by atoms with Gasteiger partial charge in [0.15, 0.2) is 0 Å². The van der Waals surface area contributed by atoms with Crippen LogP contribution in [0.4, 0.5) is 22.0 Å². The first kappa shape index (κ1) is 25.1. The van der Waals surface area contributed by atoms with E-state index in [2.05, 4.69) is 23.9 Å². The lowest BCUT2D eigenvalue weighted by molar-refractivity contribution is -0.143. The molecule has 0 saturated carbocycles. The summed E-state index contributed by atoms with van der Waals surface area (Å²) in [7, 11) is 0. The number of thiol groups is 1. The van der Waals surface area contributed by atoms with Crippen LogP contribution in [0.5, 0.6) is 5.75 Å². The number of carbonyl (C=O) groups excluding carboxylic acids is 2. The molecule has 1 unspecified atom stereocenters. The molecule has 1 aliphatic heterocycles. The molecule has 5 nitrogen and oxygen atoms in total. The van der Waals surface area contributed by atoms with Gasteiger partial charge in [-0.3, -0.25) is 9.59 Å². The SMILES string of the molecule is C=C(/C(=C1\SC(S)N(CCC(=O)OCC)C1=O)c1cccc(OC(F)F)c1)C(F)(F)F. The molecule has 1 aliphatic rings. The van der Waals surface area contributed by atoms with Crippen LogP contribution in [-0.2, 0) is 14.3 Å². The third-order valence-electron chi connectivity index (χ3n) is 4.03. The Morgan fingerprint density at radius 2 is 2.03 bits per heavy atom. The van der Waals surface area contributed by atoms with E-state index in [9.17, 15) is 31.5 Å². The summed E-state index contributed by atoms with van der Waals surface area (Å²) in [6, 6.07) is 4.55. The minimum Gasteiger partial charge on any atom is -0.466 e. The molecule has 1 heterocycles. The Kier molecular flexibility index (Phi) is 8.41. The zero-order chi connectivity index (χ0) is 23.3. The molecule has 170 valence electrons. The highest BCUT2D eigenvalue weighted by Gasteiger charge is 2.42. The van der Waals surface area contributed by atoms with E-state index in [0.29, 0.717) is 0 Å². The van der Waals surface area contributed by atoms with E-state index < -0.39 is 40.5 Å². The van der Waals surface area contributed by atoms with Crippen molar-refractivity contribution in [2.24, 2.45) is 0 Å². The molecule has 0 spiro atoms. The maximum Gasteiger partial charge on any atom is 0.416 e. The molecular formula is C19H18F5NO4S2. The molecule has 1 aromatic carbocycles. The fourth-order valence-electron chi connectivity index (χ4n) is 2.68. The fourth-order valence-corrected chi connectivity index (χ4v) is 4.34. The molecule has 1 aromatic rings. The van der Waals surface area contributed by atoms with Crippen molar-refractivity contribution in [3.05, 3.63) is 46.9 Å². The molecular weight excluding hydrogens is 465 g/mol. The number of ether oxygens (including phenoxy) is 2. The Hall–Kier alpha value is -2.21. The minimum absolute atomic E-state index is 0.122. The Labute approximate surface area is 184 Å². The third kappa shape index (κ3) is 6.39. The number of alkyl halides is 5. The van der Waals surface area contributed by atoms with E-state index in [1.807, 2.05) is 0 Å². The summed E-state index contributed by atoms with van der Waals surface area (Å²) < 4.78 is 73.8. The zero-order valence-electron chi connectivity index (χ0n) is 16.1. The zero-order valence-corrected chi connectivity index (χ0v) is 17.8. The summed E-state index contributed by atoms with van der Waals surface area (Å²) in [4.78, 5) is 25.3. The minimum atomic E-state index is -4.90. The number of esters is 1. The van der Waals surface area contributed by atoms with Crippen molar-refractivity contribution < 1.29 is 41.0 Å². The van der Waals surface area contributed by atoms with Crippen molar-refractivity contribution in [1.82, 2.24) is 4.90 Å². The first-order chi connectivity index (χ1) is 14.5. The van der Waals surface area contributed by atoms with E-state index in [1.54, 1.807) is 6.92 Å². The van der Waals surface area contributed by atoms with Gasteiger partial charge in [-0.15, -0.1) is 12.6 Å². The molecule has 0 aliphatic carbocycles. The van der Waals surface area contributed by atoms with Crippen molar-refractivity contribution in [2.45, 2.75) is 30.8 Å². The van der Waals surface area contributed by atoms with Gasteiger partial charge in [0.2, 0.25) is 0 Å². The molecule has 0 N–H and O–H groups in total. The van der Waals surface area contributed by atoms with Crippen molar-refractivity contribution >= 4 is 41.8 Å². The predicted molar refractivity (Wildman–Crippen MR) is 109 cm³/mol. The Morgan fingerprint density at radius 3 is 2.61 bits per heavy atom. The van der Waals surface area contributed by atoms with E-state index in [1.165, 1.54) is 12.1 Å². The first-order valence-electron chi connectivity index (χ1n) is 8.83. The van der Waals surface area contributed by atoms with Gasteiger partial charge < -0.3 is 14.4 Å². The second-order valence-electron chi connectivity index (χ2n) is 6.08. The quantitative estimate of drug-likeness (QED) is 0.248. The molecule has 12 heteroatoms. The number of nitrogens with zero attached hydrogens (tertiary/aromatic N) is 1. The van der Waals surface area contributed by atoms with Crippen molar-refractivity contribution in [3.63, 3.8) is 0 Å². The normalized spacial score (nSPS) is 18.4. The highest BCUT2D eigenvalue weighted by Crippen LogP contribution is 2.46. The van der Waals surface area contributed by atoms with Gasteiger partial charge in [0.25, 0.3) is 5.91 Å². The van der Waals surface area contributed by atoms with E-state index in [0.717, 1.165) is 28.8 Å². The number of hydrogen-bond donors (Lipinski definition) is 1. The van der Waals surface area contributed by atoms with Crippen molar-refractivity contribution in [2.75, 3.05) is 13.2 Å². The summed E-state index contributed by atoms with van der Waals surface area (Å²) in [5.74, 6) is -1.75. The number of rotatable bonds is 8. The second-order valence-corrected chi connectivity index (χ2v) is 8.01. The van der Waals surface area contributed by atoms with Gasteiger partial charge in [0, 0.05) is 12.1 Å². The molecule has 1 amide bonds. The third-order valence-corrected chi connectivity index (χ3v) is 5.70. The second kappa shape index (κ2) is 10.4. The van der Waals surface area contributed by atoms with Crippen molar-refractivity contribution in [3.8, 4) is 5.75 Å². The lowest BCUT2D eigenvalue weighted by Crippen LogP contribution is -2.32.